The predicted molar refractivity (Wildman–Crippen MR) is 104 cm³/mol. The minimum Gasteiger partial charge on any atom is -0.271 e. The van der Waals surface area contributed by atoms with Crippen LogP contribution in [0.3, 0.4) is 0 Å². The highest BCUT2D eigenvalue weighted by molar-refractivity contribution is 9.12. The van der Waals surface area contributed by atoms with E-state index in [-0.39, 0.29) is 18.0 Å². The number of hydrogen-bond acceptors (Lipinski definition) is 4. The third-order valence-corrected chi connectivity index (χ3v) is 4.32. The van der Waals surface area contributed by atoms with Crippen LogP contribution < -0.4 is 16.3 Å². The molecule has 1 aliphatic heterocycles. The summed E-state index contributed by atoms with van der Waals surface area (Å²) in [6.45, 7) is 0. The van der Waals surface area contributed by atoms with E-state index in [0.29, 0.717) is 6.42 Å². The van der Waals surface area contributed by atoms with Gasteiger partial charge in [-0.2, -0.15) is 5.10 Å². The van der Waals surface area contributed by atoms with E-state index in [2.05, 4.69) is 37.3 Å². The summed E-state index contributed by atoms with van der Waals surface area (Å²) in [5, 5.41) is 4.00. The van der Waals surface area contributed by atoms with Gasteiger partial charge >= 0.3 is 0 Å². The number of halogens is 1. The van der Waals surface area contributed by atoms with Crippen LogP contribution in [-0.2, 0) is 4.79 Å². The zero-order valence-corrected chi connectivity index (χ0v) is 15.1. The lowest BCUT2D eigenvalue weighted by Gasteiger charge is -2.08. The van der Waals surface area contributed by atoms with Crippen molar-refractivity contribution in [3.8, 4) is 0 Å². The Morgan fingerprint density at radius 3 is 2.48 bits per heavy atom. The molecule has 2 unspecified atom stereocenters. The molecule has 3 rings (SSSR count). The lowest BCUT2D eigenvalue weighted by Crippen LogP contribution is -2.41. The van der Waals surface area contributed by atoms with Gasteiger partial charge in [-0.3, -0.25) is 4.79 Å². The molecule has 1 heterocycles. The number of carbonyl (C=O) groups is 1. The highest BCUT2D eigenvalue weighted by Crippen LogP contribution is 2.21. The molecule has 1 amide bonds. The van der Waals surface area contributed by atoms with Crippen LogP contribution in [0.5, 0.6) is 0 Å². The molecule has 5 nitrogen and oxygen atoms in total. The van der Waals surface area contributed by atoms with Crippen molar-refractivity contribution in [3.05, 3.63) is 76.3 Å². The Morgan fingerprint density at radius 1 is 1.08 bits per heavy atom. The number of amides is 1. The van der Waals surface area contributed by atoms with Crippen LogP contribution in [0.4, 0.5) is 0 Å². The fourth-order valence-corrected chi connectivity index (χ4v) is 2.98. The number of hydrogen-bond donors (Lipinski definition) is 3. The number of hydrazone groups is 1. The summed E-state index contributed by atoms with van der Waals surface area (Å²) < 4.78 is 0.777. The SMILES string of the molecule is O=C(N/N=C/C(Br)=C/c1ccccc1)C1CC(c2ccccc2)NN1. The standard InChI is InChI=1S/C19H19BrN4O/c20-16(11-14-7-3-1-4-8-14)13-21-24-19(25)18-12-17(22-23-18)15-9-5-2-6-10-15/h1-11,13,17-18,22-23H,12H2,(H,24,25)/b16-11-,21-13+. The number of allylic oxidation sites excluding steroid dienone is 1. The van der Waals surface area contributed by atoms with Crippen molar-refractivity contribution in [2.45, 2.75) is 18.5 Å². The second-order valence-corrected chi connectivity index (χ2v) is 6.63. The van der Waals surface area contributed by atoms with Gasteiger partial charge in [-0.15, -0.1) is 0 Å². The molecule has 1 saturated heterocycles. The number of nitrogens with one attached hydrogen (secondary N) is 3. The van der Waals surface area contributed by atoms with Gasteiger partial charge in [0.15, 0.2) is 0 Å². The molecule has 0 aromatic heterocycles. The smallest absolute Gasteiger partial charge is 0.258 e. The molecule has 0 aliphatic carbocycles. The van der Waals surface area contributed by atoms with E-state index >= 15 is 0 Å². The summed E-state index contributed by atoms with van der Waals surface area (Å²) in [7, 11) is 0. The van der Waals surface area contributed by atoms with E-state index in [1.165, 1.54) is 0 Å². The molecule has 1 fully saturated rings. The zero-order chi connectivity index (χ0) is 17.5. The maximum atomic E-state index is 12.2. The lowest BCUT2D eigenvalue weighted by atomic mass is 10.0. The van der Waals surface area contributed by atoms with Crippen LogP contribution in [0.25, 0.3) is 6.08 Å². The van der Waals surface area contributed by atoms with Crippen LogP contribution in [-0.4, -0.2) is 18.2 Å². The summed E-state index contributed by atoms with van der Waals surface area (Å²) in [4.78, 5) is 12.2. The van der Waals surface area contributed by atoms with Crippen molar-refractivity contribution >= 4 is 34.1 Å². The Hall–Kier alpha value is -2.28. The van der Waals surface area contributed by atoms with Gasteiger partial charge in [0.2, 0.25) is 0 Å². The van der Waals surface area contributed by atoms with Crippen molar-refractivity contribution in [1.29, 1.82) is 0 Å². The predicted octanol–water partition coefficient (Wildman–Crippen LogP) is 3.13. The molecular formula is C19H19BrN4O. The van der Waals surface area contributed by atoms with Crippen molar-refractivity contribution in [1.82, 2.24) is 16.3 Å². The molecule has 3 N–H and O–H groups in total. The number of nitrogens with zero attached hydrogens (tertiary/aromatic N) is 1. The van der Waals surface area contributed by atoms with Crippen LogP contribution in [0, 0.1) is 0 Å². The van der Waals surface area contributed by atoms with E-state index < -0.39 is 0 Å². The third-order valence-electron chi connectivity index (χ3n) is 3.89. The molecule has 0 spiro atoms. The Kier molecular flexibility index (Phi) is 6.11. The molecular weight excluding hydrogens is 380 g/mol. The second-order valence-electron chi connectivity index (χ2n) is 5.71. The minimum absolute atomic E-state index is 0.116. The average Bonchev–Trinajstić information content (AvgIpc) is 3.13. The summed E-state index contributed by atoms with van der Waals surface area (Å²) in [6.07, 6.45) is 4.17. The first-order valence-corrected chi connectivity index (χ1v) is 8.83. The molecule has 0 saturated carbocycles. The molecule has 2 aromatic carbocycles. The van der Waals surface area contributed by atoms with E-state index in [1.54, 1.807) is 6.21 Å². The number of benzene rings is 2. The second kappa shape index (κ2) is 8.71. The first-order valence-electron chi connectivity index (χ1n) is 8.03. The Bertz CT molecular complexity index is 762. The molecule has 6 heteroatoms. The van der Waals surface area contributed by atoms with Gasteiger partial charge in [0.25, 0.3) is 5.91 Å². The van der Waals surface area contributed by atoms with Gasteiger partial charge in [-0.05, 0) is 39.6 Å². The monoisotopic (exact) mass is 398 g/mol. The first kappa shape index (κ1) is 17.5. The van der Waals surface area contributed by atoms with Crippen LogP contribution in [0.2, 0.25) is 0 Å². The highest BCUT2D eigenvalue weighted by Gasteiger charge is 2.29. The van der Waals surface area contributed by atoms with Crippen LogP contribution in [0.1, 0.15) is 23.6 Å². The molecule has 25 heavy (non-hydrogen) atoms. The summed E-state index contributed by atoms with van der Waals surface area (Å²) in [5.74, 6) is -0.165. The Balaban J connectivity index is 1.50. The van der Waals surface area contributed by atoms with Gasteiger partial charge in [0, 0.05) is 10.5 Å². The molecule has 0 radical (unpaired) electrons. The molecule has 2 aromatic rings. The van der Waals surface area contributed by atoms with E-state index in [9.17, 15) is 4.79 Å². The lowest BCUT2D eigenvalue weighted by molar-refractivity contribution is -0.122. The molecule has 2 atom stereocenters. The summed E-state index contributed by atoms with van der Waals surface area (Å²) >= 11 is 3.42. The van der Waals surface area contributed by atoms with Crippen molar-refractivity contribution in [2.24, 2.45) is 5.10 Å². The molecule has 128 valence electrons. The van der Waals surface area contributed by atoms with Gasteiger partial charge in [0.1, 0.15) is 6.04 Å². The number of rotatable bonds is 5. The highest BCUT2D eigenvalue weighted by atomic mass is 79.9. The quantitative estimate of drug-likeness (QED) is 0.535. The van der Waals surface area contributed by atoms with Crippen LogP contribution in [0.15, 0.2) is 70.2 Å². The van der Waals surface area contributed by atoms with E-state index in [0.717, 1.165) is 15.6 Å². The topological polar surface area (TPSA) is 65.5 Å². The van der Waals surface area contributed by atoms with Crippen molar-refractivity contribution in [3.63, 3.8) is 0 Å². The first-order chi connectivity index (χ1) is 12.2. The van der Waals surface area contributed by atoms with Gasteiger partial charge in [-0.1, -0.05) is 60.7 Å². The van der Waals surface area contributed by atoms with Gasteiger partial charge < -0.3 is 0 Å². The maximum Gasteiger partial charge on any atom is 0.258 e. The average molecular weight is 399 g/mol. The van der Waals surface area contributed by atoms with Gasteiger partial charge in [-0.25, -0.2) is 16.3 Å². The minimum atomic E-state index is -0.320. The zero-order valence-electron chi connectivity index (χ0n) is 13.5. The largest absolute Gasteiger partial charge is 0.271 e. The van der Waals surface area contributed by atoms with Crippen molar-refractivity contribution < 1.29 is 4.79 Å². The third kappa shape index (κ3) is 5.09. The summed E-state index contributed by atoms with van der Waals surface area (Å²) in [5.41, 5.74) is 11.0. The normalized spacial score (nSPS) is 20.8. The Labute approximate surface area is 155 Å². The van der Waals surface area contributed by atoms with Crippen molar-refractivity contribution in [2.75, 3.05) is 0 Å². The number of hydrazine groups is 1. The fraction of sp³-hybridized carbons (Fsp3) is 0.158. The van der Waals surface area contributed by atoms with Crippen LogP contribution >= 0.6 is 15.9 Å². The van der Waals surface area contributed by atoms with E-state index in [1.807, 2.05) is 66.7 Å². The maximum absolute atomic E-state index is 12.2. The Morgan fingerprint density at radius 2 is 1.76 bits per heavy atom. The molecule has 1 aliphatic rings. The molecule has 0 bridgehead atoms. The van der Waals surface area contributed by atoms with Gasteiger partial charge in [0.05, 0.1) is 6.21 Å². The fourth-order valence-electron chi connectivity index (χ4n) is 2.61. The van der Waals surface area contributed by atoms with E-state index in [4.69, 9.17) is 0 Å². The number of carbonyl (C=O) groups excluding carboxylic acids is 1. The summed E-state index contributed by atoms with van der Waals surface area (Å²) in [6, 6.07) is 19.7.